The first-order valence-electron chi connectivity index (χ1n) is 7.01. The van der Waals surface area contributed by atoms with Crippen molar-refractivity contribution in [1.82, 2.24) is 0 Å². The molecule has 2 N–H and O–H groups in total. The number of allylic oxidation sites excluding steroid dienone is 1. The molecule has 0 saturated heterocycles. The number of carboxylic acid groups (broad SMARTS) is 1. The molecule has 6 heteroatoms. The van der Waals surface area contributed by atoms with Crippen LogP contribution in [0.15, 0.2) is 29.8 Å². The quantitative estimate of drug-likeness (QED) is 0.474. The third-order valence-corrected chi connectivity index (χ3v) is 3.59. The number of anilines is 1. The Morgan fingerprint density at radius 3 is 2.81 bits per heavy atom. The van der Waals surface area contributed by atoms with Crippen molar-refractivity contribution in [3.63, 3.8) is 0 Å². The number of nitro benzene ring substituents is 1. The number of hydrogen-bond acceptors (Lipinski definition) is 4. The van der Waals surface area contributed by atoms with Gasteiger partial charge < -0.3 is 10.4 Å². The molecule has 0 radical (unpaired) electrons. The van der Waals surface area contributed by atoms with Gasteiger partial charge in [0.2, 0.25) is 0 Å². The lowest BCUT2D eigenvalue weighted by molar-refractivity contribution is -0.384. The monoisotopic (exact) mass is 290 g/mol. The van der Waals surface area contributed by atoms with Crippen molar-refractivity contribution in [3.8, 4) is 0 Å². The molecule has 2 rings (SSSR count). The minimum absolute atomic E-state index is 0.0539. The predicted molar refractivity (Wildman–Crippen MR) is 79.7 cm³/mol. The maximum Gasteiger partial charge on any atom is 0.337 e. The van der Waals surface area contributed by atoms with E-state index in [1.807, 2.05) is 0 Å². The van der Waals surface area contributed by atoms with E-state index in [4.69, 9.17) is 5.11 Å². The summed E-state index contributed by atoms with van der Waals surface area (Å²) in [6.07, 6.45) is 7.68. The first kappa shape index (κ1) is 15.0. The summed E-state index contributed by atoms with van der Waals surface area (Å²) >= 11 is 0. The lowest BCUT2D eigenvalue weighted by Crippen LogP contribution is -2.09. The number of nitrogens with one attached hydrogen (secondary N) is 1. The van der Waals surface area contributed by atoms with Crippen molar-refractivity contribution < 1.29 is 14.8 Å². The lowest BCUT2D eigenvalue weighted by atomic mass is 9.97. The zero-order valence-electron chi connectivity index (χ0n) is 11.7. The van der Waals surface area contributed by atoms with E-state index in [-0.39, 0.29) is 11.3 Å². The van der Waals surface area contributed by atoms with Gasteiger partial charge in [0.15, 0.2) is 0 Å². The molecule has 0 fully saturated rings. The van der Waals surface area contributed by atoms with Crippen LogP contribution in [-0.2, 0) is 0 Å². The van der Waals surface area contributed by atoms with Crippen LogP contribution in [0.3, 0.4) is 0 Å². The maximum absolute atomic E-state index is 11.1. The molecule has 1 aliphatic rings. The Kier molecular flexibility index (Phi) is 4.92. The highest BCUT2D eigenvalue weighted by atomic mass is 16.6. The molecule has 21 heavy (non-hydrogen) atoms. The van der Waals surface area contributed by atoms with Gasteiger partial charge in [-0.1, -0.05) is 11.6 Å². The number of nitrogens with zero attached hydrogens (tertiary/aromatic N) is 1. The van der Waals surface area contributed by atoms with Crippen molar-refractivity contribution >= 4 is 17.3 Å². The molecule has 0 bridgehead atoms. The smallest absolute Gasteiger partial charge is 0.337 e. The fourth-order valence-corrected chi connectivity index (χ4v) is 2.47. The summed E-state index contributed by atoms with van der Waals surface area (Å²) in [4.78, 5) is 21.4. The van der Waals surface area contributed by atoms with E-state index in [1.165, 1.54) is 36.6 Å². The number of rotatable bonds is 6. The van der Waals surface area contributed by atoms with E-state index in [0.29, 0.717) is 12.2 Å². The third-order valence-electron chi connectivity index (χ3n) is 3.59. The minimum Gasteiger partial charge on any atom is -0.478 e. The predicted octanol–water partition coefficient (Wildman–Crippen LogP) is 3.60. The van der Waals surface area contributed by atoms with E-state index in [9.17, 15) is 14.9 Å². The fourth-order valence-electron chi connectivity index (χ4n) is 2.47. The summed E-state index contributed by atoms with van der Waals surface area (Å²) in [7, 11) is 0. The molecular weight excluding hydrogens is 272 g/mol. The van der Waals surface area contributed by atoms with Crippen molar-refractivity contribution in [1.29, 1.82) is 0 Å². The highest BCUT2D eigenvalue weighted by Crippen LogP contribution is 2.24. The van der Waals surface area contributed by atoms with Crippen molar-refractivity contribution in [3.05, 3.63) is 45.5 Å². The molecule has 0 atom stereocenters. The lowest BCUT2D eigenvalue weighted by Gasteiger charge is -2.14. The molecule has 1 aliphatic carbocycles. The summed E-state index contributed by atoms with van der Waals surface area (Å²) in [5.41, 5.74) is 1.61. The second-order valence-corrected chi connectivity index (χ2v) is 5.08. The van der Waals surface area contributed by atoms with Gasteiger partial charge >= 0.3 is 5.97 Å². The van der Waals surface area contributed by atoms with Crippen LogP contribution in [0.4, 0.5) is 11.4 Å². The number of nitro groups is 1. The van der Waals surface area contributed by atoms with Crippen LogP contribution >= 0.6 is 0 Å². The molecule has 0 unspecified atom stereocenters. The summed E-state index contributed by atoms with van der Waals surface area (Å²) < 4.78 is 0. The average Bonchev–Trinajstić information content (AvgIpc) is 2.48. The van der Waals surface area contributed by atoms with E-state index < -0.39 is 10.9 Å². The highest BCUT2D eigenvalue weighted by Gasteiger charge is 2.15. The third kappa shape index (κ3) is 4.05. The number of carbonyl (C=O) groups is 1. The van der Waals surface area contributed by atoms with Crippen LogP contribution in [0.25, 0.3) is 0 Å². The summed E-state index contributed by atoms with van der Waals surface area (Å²) in [6.45, 7) is 0.577. The Morgan fingerprint density at radius 1 is 1.38 bits per heavy atom. The van der Waals surface area contributed by atoms with Crippen molar-refractivity contribution in [2.75, 3.05) is 11.9 Å². The van der Waals surface area contributed by atoms with Gasteiger partial charge in [-0.25, -0.2) is 4.79 Å². The van der Waals surface area contributed by atoms with Crippen molar-refractivity contribution in [2.45, 2.75) is 32.1 Å². The van der Waals surface area contributed by atoms with Crippen LogP contribution in [0.2, 0.25) is 0 Å². The SMILES string of the molecule is O=C(O)c1ccc([N+](=O)[O-])cc1NCCC1=CCCCC1. The van der Waals surface area contributed by atoms with Gasteiger partial charge in [-0.3, -0.25) is 10.1 Å². The first-order valence-corrected chi connectivity index (χ1v) is 7.01. The van der Waals surface area contributed by atoms with Crippen LogP contribution in [0.1, 0.15) is 42.5 Å². The van der Waals surface area contributed by atoms with Gasteiger partial charge in [0.1, 0.15) is 0 Å². The molecule has 1 aromatic rings. The van der Waals surface area contributed by atoms with Gasteiger partial charge in [-0.15, -0.1) is 0 Å². The molecule has 0 amide bonds. The number of aromatic carboxylic acids is 1. The Hall–Kier alpha value is -2.37. The zero-order chi connectivity index (χ0) is 15.2. The van der Waals surface area contributed by atoms with E-state index in [2.05, 4.69) is 11.4 Å². The Balaban J connectivity index is 2.06. The summed E-state index contributed by atoms with van der Waals surface area (Å²) in [6, 6.07) is 3.75. The first-order chi connectivity index (χ1) is 10.1. The van der Waals surface area contributed by atoms with Gasteiger partial charge in [-0.05, 0) is 38.2 Å². The molecule has 0 aliphatic heterocycles. The van der Waals surface area contributed by atoms with Gasteiger partial charge in [0.25, 0.3) is 5.69 Å². The molecule has 0 saturated carbocycles. The molecule has 1 aromatic carbocycles. The van der Waals surface area contributed by atoms with E-state index >= 15 is 0 Å². The number of benzene rings is 1. The Morgan fingerprint density at radius 2 is 2.19 bits per heavy atom. The molecule has 112 valence electrons. The normalized spacial score (nSPS) is 14.4. The average molecular weight is 290 g/mol. The largest absolute Gasteiger partial charge is 0.478 e. The van der Waals surface area contributed by atoms with Crippen LogP contribution in [0, 0.1) is 10.1 Å². The second kappa shape index (κ2) is 6.88. The van der Waals surface area contributed by atoms with Crippen LogP contribution < -0.4 is 5.32 Å². The summed E-state index contributed by atoms with van der Waals surface area (Å²) in [5.74, 6) is -1.09. The van der Waals surface area contributed by atoms with Crippen molar-refractivity contribution in [2.24, 2.45) is 0 Å². The Labute approximate surface area is 122 Å². The molecule has 0 spiro atoms. The van der Waals surface area contributed by atoms with Gasteiger partial charge in [0.05, 0.1) is 16.2 Å². The minimum atomic E-state index is -1.09. The highest BCUT2D eigenvalue weighted by molar-refractivity contribution is 5.94. The van der Waals surface area contributed by atoms with E-state index in [1.54, 1.807) is 0 Å². The van der Waals surface area contributed by atoms with Crippen LogP contribution in [-0.4, -0.2) is 22.5 Å². The standard InChI is InChI=1S/C15H18N2O4/c18-15(19)13-7-6-12(17(20)21)10-14(13)16-9-8-11-4-2-1-3-5-11/h4,6-7,10,16H,1-3,5,8-9H2,(H,18,19). The van der Waals surface area contributed by atoms with Gasteiger partial charge in [-0.2, -0.15) is 0 Å². The van der Waals surface area contributed by atoms with Crippen LogP contribution in [0.5, 0.6) is 0 Å². The Bertz CT molecular complexity index is 581. The van der Waals surface area contributed by atoms with Gasteiger partial charge in [0, 0.05) is 18.7 Å². The number of hydrogen-bond donors (Lipinski definition) is 2. The molecule has 6 nitrogen and oxygen atoms in total. The molecule has 0 aromatic heterocycles. The summed E-state index contributed by atoms with van der Waals surface area (Å²) in [5, 5.41) is 22.9. The fraction of sp³-hybridized carbons (Fsp3) is 0.400. The molecular formula is C15H18N2O4. The van der Waals surface area contributed by atoms with E-state index in [0.717, 1.165) is 19.3 Å². The topological polar surface area (TPSA) is 92.5 Å². The number of carboxylic acids is 1. The number of non-ortho nitro benzene ring substituents is 1. The molecule has 0 heterocycles. The zero-order valence-corrected chi connectivity index (χ0v) is 11.7. The maximum atomic E-state index is 11.1. The second-order valence-electron chi connectivity index (χ2n) is 5.08.